The second-order valence-corrected chi connectivity index (χ2v) is 5.76. The highest BCUT2D eigenvalue weighted by atomic mass is 16.1. The minimum absolute atomic E-state index is 0.104. The number of hydrogen-bond donors (Lipinski definition) is 3. The Bertz CT molecular complexity index is 628. The quantitative estimate of drug-likeness (QED) is 0.808. The maximum absolute atomic E-state index is 11.1. The third-order valence-corrected chi connectivity index (χ3v) is 4.26. The summed E-state index contributed by atoms with van der Waals surface area (Å²) in [6, 6.07) is 10.4. The number of rotatable bonds is 4. The average molecular weight is 286 g/mol. The molecule has 3 rings (SSSR count). The summed E-state index contributed by atoms with van der Waals surface area (Å²) in [4.78, 5) is 13.6. The molecule has 0 saturated carbocycles. The Labute approximate surface area is 124 Å². The number of likely N-dealkylation sites (N-methyl/N-ethyl adjacent to an activating group) is 1. The Hall–Kier alpha value is -2.01. The summed E-state index contributed by atoms with van der Waals surface area (Å²) < 4.78 is 0. The summed E-state index contributed by atoms with van der Waals surface area (Å²) in [5.74, 6) is 0. The molecule has 0 bridgehead atoms. The lowest BCUT2D eigenvalue weighted by molar-refractivity contribution is 0.194. The van der Waals surface area contributed by atoms with Gasteiger partial charge >= 0.3 is 0 Å². The van der Waals surface area contributed by atoms with Crippen molar-refractivity contribution in [1.29, 1.82) is 0 Å². The Balaban J connectivity index is 1.60. The molecule has 3 N–H and O–H groups in total. The number of piperidine rings is 1. The van der Waals surface area contributed by atoms with E-state index in [-0.39, 0.29) is 5.56 Å². The van der Waals surface area contributed by atoms with Crippen LogP contribution in [0.3, 0.4) is 0 Å². The van der Waals surface area contributed by atoms with Crippen LogP contribution in [0.15, 0.2) is 35.1 Å². The van der Waals surface area contributed by atoms with Crippen LogP contribution in [0.4, 0.5) is 5.69 Å². The minimum atomic E-state index is -0.104. The number of H-pyrrole nitrogens is 2. The van der Waals surface area contributed by atoms with Crippen molar-refractivity contribution in [3.63, 3.8) is 0 Å². The van der Waals surface area contributed by atoms with Crippen molar-refractivity contribution in [1.82, 2.24) is 15.1 Å². The highest BCUT2D eigenvalue weighted by Crippen LogP contribution is 2.19. The van der Waals surface area contributed by atoms with Gasteiger partial charge in [0.15, 0.2) is 0 Å². The first-order valence-corrected chi connectivity index (χ1v) is 7.54. The molecule has 1 aromatic carbocycles. The van der Waals surface area contributed by atoms with Gasteiger partial charge in [0.2, 0.25) is 0 Å². The van der Waals surface area contributed by atoms with Crippen LogP contribution in [0.1, 0.15) is 19.3 Å². The van der Waals surface area contributed by atoms with E-state index in [0.29, 0.717) is 6.04 Å². The summed E-state index contributed by atoms with van der Waals surface area (Å²) in [5, 5.41) is 8.93. The molecule has 1 aliphatic heterocycles. The molecule has 0 aliphatic carbocycles. The lowest BCUT2D eigenvalue weighted by Gasteiger charge is -2.32. The van der Waals surface area contributed by atoms with E-state index in [0.717, 1.165) is 23.5 Å². The third-order valence-electron chi connectivity index (χ3n) is 4.26. The lowest BCUT2D eigenvalue weighted by Crippen LogP contribution is -2.40. The predicted octanol–water partition coefficient (Wildman–Crippen LogP) is 2.27. The maximum atomic E-state index is 11.1. The molecule has 1 saturated heterocycles. The van der Waals surface area contributed by atoms with E-state index >= 15 is 0 Å². The van der Waals surface area contributed by atoms with Crippen molar-refractivity contribution in [3.8, 4) is 11.3 Å². The summed E-state index contributed by atoms with van der Waals surface area (Å²) >= 11 is 0. The molecule has 112 valence electrons. The second kappa shape index (κ2) is 6.18. The molecule has 2 aromatic rings. The zero-order valence-corrected chi connectivity index (χ0v) is 12.4. The highest BCUT2D eigenvalue weighted by molar-refractivity contribution is 5.62. The number of anilines is 1. The number of nitrogens with one attached hydrogen (secondary N) is 3. The molecule has 1 unspecified atom stereocenters. The molecular weight excluding hydrogens is 264 g/mol. The van der Waals surface area contributed by atoms with Crippen molar-refractivity contribution in [2.75, 3.05) is 25.5 Å². The summed E-state index contributed by atoms with van der Waals surface area (Å²) in [7, 11) is 2.21. The molecule has 1 fully saturated rings. The van der Waals surface area contributed by atoms with Gasteiger partial charge in [0.1, 0.15) is 0 Å². The van der Waals surface area contributed by atoms with Gasteiger partial charge in [0, 0.05) is 24.3 Å². The van der Waals surface area contributed by atoms with E-state index in [1.807, 2.05) is 12.1 Å². The fraction of sp³-hybridized carbons (Fsp3) is 0.438. The van der Waals surface area contributed by atoms with Crippen molar-refractivity contribution in [3.05, 3.63) is 40.7 Å². The Morgan fingerprint density at radius 3 is 2.71 bits per heavy atom. The van der Waals surface area contributed by atoms with E-state index in [1.165, 1.54) is 25.8 Å². The summed E-state index contributed by atoms with van der Waals surface area (Å²) in [6.07, 6.45) is 3.92. The van der Waals surface area contributed by atoms with E-state index in [1.54, 1.807) is 6.07 Å². The van der Waals surface area contributed by atoms with Crippen LogP contribution in [0, 0.1) is 0 Å². The van der Waals surface area contributed by atoms with Gasteiger partial charge < -0.3 is 10.2 Å². The molecule has 1 atom stereocenters. The van der Waals surface area contributed by atoms with E-state index in [4.69, 9.17) is 0 Å². The molecule has 21 heavy (non-hydrogen) atoms. The Morgan fingerprint density at radius 1 is 1.24 bits per heavy atom. The van der Waals surface area contributed by atoms with Crippen LogP contribution in [-0.4, -0.2) is 41.3 Å². The van der Waals surface area contributed by atoms with Crippen molar-refractivity contribution in [2.24, 2.45) is 0 Å². The molecular formula is C16H22N4O. The largest absolute Gasteiger partial charge is 0.383 e. The second-order valence-electron chi connectivity index (χ2n) is 5.76. The topological polar surface area (TPSA) is 63.9 Å². The molecule has 0 spiro atoms. The van der Waals surface area contributed by atoms with Gasteiger partial charge in [-0.3, -0.25) is 15.0 Å². The minimum Gasteiger partial charge on any atom is -0.383 e. The monoisotopic (exact) mass is 286 g/mol. The first-order chi connectivity index (χ1) is 10.2. The normalized spacial score (nSPS) is 19.6. The van der Waals surface area contributed by atoms with Crippen molar-refractivity contribution in [2.45, 2.75) is 25.3 Å². The van der Waals surface area contributed by atoms with Crippen LogP contribution >= 0.6 is 0 Å². The van der Waals surface area contributed by atoms with Crippen LogP contribution < -0.4 is 10.9 Å². The van der Waals surface area contributed by atoms with Crippen molar-refractivity contribution >= 4 is 5.69 Å². The molecule has 0 radical (unpaired) electrons. The fourth-order valence-corrected chi connectivity index (χ4v) is 2.89. The van der Waals surface area contributed by atoms with Gasteiger partial charge in [0.05, 0.1) is 5.69 Å². The number of aromatic nitrogens is 2. The smallest absolute Gasteiger partial charge is 0.264 e. The molecule has 2 heterocycles. The van der Waals surface area contributed by atoms with Gasteiger partial charge in [-0.2, -0.15) is 0 Å². The van der Waals surface area contributed by atoms with E-state index in [9.17, 15) is 4.79 Å². The van der Waals surface area contributed by atoms with Gasteiger partial charge in [-0.25, -0.2) is 0 Å². The zero-order chi connectivity index (χ0) is 14.7. The Kier molecular flexibility index (Phi) is 4.10. The molecule has 1 aromatic heterocycles. The summed E-state index contributed by atoms with van der Waals surface area (Å²) in [6.45, 7) is 2.18. The van der Waals surface area contributed by atoms with Crippen LogP contribution in [0.2, 0.25) is 0 Å². The maximum Gasteiger partial charge on any atom is 0.264 e. The highest BCUT2D eigenvalue weighted by Gasteiger charge is 2.18. The fourth-order valence-electron chi connectivity index (χ4n) is 2.89. The lowest BCUT2D eigenvalue weighted by atomic mass is 10.0. The standard InChI is InChI=1S/C16H22N4O/c1-20-9-3-2-4-14(20)11-17-13-7-5-12(6-8-13)15-10-16(21)19-18-15/h5-8,10,14,17H,2-4,9,11H2,1H3,(H2,18,19,21). The SMILES string of the molecule is CN1CCCCC1CNc1ccc(-c2cc(=O)[nH][nH]2)cc1. The molecule has 5 heteroatoms. The van der Waals surface area contributed by atoms with Crippen LogP contribution in [0.25, 0.3) is 11.3 Å². The number of aromatic amines is 2. The molecule has 1 aliphatic rings. The third kappa shape index (κ3) is 3.36. The van der Waals surface area contributed by atoms with Crippen molar-refractivity contribution < 1.29 is 0 Å². The molecule has 5 nitrogen and oxygen atoms in total. The van der Waals surface area contributed by atoms with Gasteiger partial charge in [-0.05, 0) is 44.1 Å². The predicted molar refractivity (Wildman–Crippen MR) is 85.6 cm³/mol. The Morgan fingerprint density at radius 2 is 2.05 bits per heavy atom. The van der Waals surface area contributed by atoms with E-state index < -0.39 is 0 Å². The number of benzene rings is 1. The van der Waals surface area contributed by atoms with Crippen LogP contribution in [-0.2, 0) is 0 Å². The average Bonchev–Trinajstić information content (AvgIpc) is 2.94. The number of hydrogen-bond acceptors (Lipinski definition) is 3. The van der Waals surface area contributed by atoms with Gasteiger partial charge in [0.25, 0.3) is 5.56 Å². The molecule has 0 amide bonds. The summed E-state index contributed by atoms with van der Waals surface area (Å²) in [5.41, 5.74) is 2.84. The number of likely N-dealkylation sites (tertiary alicyclic amines) is 1. The zero-order valence-electron chi connectivity index (χ0n) is 12.4. The van der Waals surface area contributed by atoms with E-state index in [2.05, 4.69) is 39.6 Å². The van der Waals surface area contributed by atoms with Gasteiger partial charge in [-0.1, -0.05) is 18.6 Å². The first-order valence-electron chi connectivity index (χ1n) is 7.54. The van der Waals surface area contributed by atoms with Gasteiger partial charge in [-0.15, -0.1) is 0 Å². The number of nitrogens with zero attached hydrogens (tertiary/aromatic N) is 1. The first kappa shape index (κ1) is 13.9. The van der Waals surface area contributed by atoms with Crippen LogP contribution in [0.5, 0.6) is 0 Å².